The minimum atomic E-state index is -4.54. The first kappa shape index (κ1) is 19.6. The SMILES string of the molecule is COCCOc1ccc(C(F)(F)F)cc1NC(=O)c1cccc(OC)c1. The van der Waals surface area contributed by atoms with Gasteiger partial charge in [-0.15, -0.1) is 0 Å². The van der Waals surface area contributed by atoms with Crippen molar-refractivity contribution in [2.75, 3.05) is 32.8 Å². The van der Waals surface area contributed by atoms with E-state index in [0.717, 1.165) is 12.1 Å². The summed E-state index contributed by atoms with van der Waals surface area (Å²) < 4.78 is 54.2. The first-order chi connectivity index (χ1) is 12.3. The zero-order valence-corrected chi connectivity index (χ0v) is 14.2. The van der Waals surface area contributed by atoms with E-state index in [1.807, 2.05) is 0 Å². The Hall–Kier alpha value is -2.74. The number of halogens is 3. The molecule has 8 heteroatoms. The molecule has 0 aliphatic carbocycles. The van der Waals surface area contributed by atoms with E-state index in [1.54, 1.807) is 12.1 Å². The highest BCUT2D eigenvalue weighted by molar-refractivity contribution is 6.05. The van der Waals surface area contributed by atoms with Crippen LogP contribution in [0, 0.1) is 0 Å². The van der Waals surface area contributed by atoms with Crippen molar-refractivity contribution in [3.8, 4) is 11.5 Å². The summed E-state index contributed by atoms with van der Waals surface area (Å²) in [6, 6.07) is 9.16. The van der Waals surface area contributed by atoms with Crippen LogP contribution in [0.2, 0.25) is 0 Å². The summed E-state index contributed by atoms with van der Waals surface area (Å²) in [4.78, 5) is 12.4. The maximum absolute atomic E-state index is 13.0. The van der Waals surface area contributed by atoms with Gasteiger partial charge in [0.2, 0.25) is 0 Å². The van der Waals surface area contributed by atoms with Gasteiger partial charge in [0.25, 0.3) is 5.91 Å². The molecular weight excluding hydrogens is 351 g/mol. The maximum atomic E-state index is 13.0. The molecule has 2 rings (SSSR count). The Kier molecular flexibility index (Phi) is 6.46. The monoisotopic (exact) mass is 369 g/mol. The molecule has 0 heterocycles. The van der Waals surface area contributed by atoms with Crippen molar-refractivity contribution in [3.05, 3.63) is 53.6 Å². The molecule has 26 heavy (non-hydrogen) atoms. The van der Waals surface area contributed by atoms with Crippen LogP contribution in [-0.4, -0.2) is 33.3 Å². The minimum absolute atomic E-state index is 0.0799. The van der Waals surface area contributed by atoms with Crippen LogP contribution in [-0.2, 0) is 10.9 Å². The number of rotatable bonds is 7. The molecule has 0 aliphatic rings. The second-order valence-electron chi connectivity index (χ2n) is 5.24. The summed E-state index contributed by atoms with van der Waals surface area (Å²) in [5.74, 6) is -0.00984. The molecule has 0 unspecified atom stereocenters. The van der Waals surface area contributed by atoms with Gasteiger partial charge in [0.05, 0.1) is 25.0 Å². The number of carbonyl (C=O) groups excluding carboxylic acids is 1. The molecule has 0 aliphatic heterocycles. The van der Waals surface area contributed by atoms with E-state index in [-0.39, 0.29) is 30.2 Å². The number of ether oxygens (including phenoxy) is 3. The topological polar surface area (TPSA) is 56.8 Å². The summed E-state index contributed by atoms with van der Waals surface area (Å²) in [7, 11) is 2.92. The number of alkyl halides is 3. The van der Waals surface area contributed by atoms with Crippen molar-refractivity contribution < 1.29 is 32.2 Å². The first-order valence-electron chi connectivity index (χ1n) is 7.63. The normalized spacial score (nSPS) is 11.1. The van der Waals surface area contributed by atoms with Gasteiger partial charge < -0.3 is 19.5 Å². The standard InChI is InChI=1S/C18H18F3NO4/c1-24-8-9-26-16-7-6-13(18(19,20)21)11-15(16)22-17(23)12-4-3-5-14(10-12)25-2/h3-7,10-11H,8-9H2,1-2H3,(H,22,23). The van der Waals surface area contributed by atoms with Crippen molar-refractivity contribution in [2.24, 2.45) is 0 Å². The average Bonchev–Trinajstić information content (AvgIpc) is 2.62. The van der Waals surface area contributed by atoms with Crippen LogP contribution < -0.4 is 14.8 Å². The summed E-state index contributed by atoms with van der Waals surface area (Å²) in [6.45, 7) is 0.383. The van der Waals surface area contributed by atoms with Crippen molar-refractivity contribution in [1.29, 1.82) is 0 Å². The lowest BCUT2D eigenvalue weighted by molar-refractivity contribution is -0.137. The van der Waals surface area contributed by atoms with Crippen LogP contribution in [0.25, 0.3) is 0 Å². The highest BCUT2D eigenvalue weighted by Gasteiger charge is 2.31. The first-order valence-corrected chi connectivity index (χ1v) is 7.63. The van der Waals surface area contributed by atoms with E-state index in [1.165, 1.54) is 32.4 Å². The second-order valence-corrected chi connectivity index (χ2v) is 5.24. The molecule has 0 spiro atoms. The van der Waals surface area contributed by atoms with Gasteiger partial charge in [0.1, 0.15) is 18.1 Å². The third kappa shape index (κ3) is 5.13. The molecule has 5 nitrogen and oxygen atoms in total. The van der Waals surface area contributed by atoms with Gasteiger partial charge in [-0.2, -0.15) is 13.2 Å². The van der Waals surface area contributed by atoms with Crippen LogP contribution in [0.5, 0.6) is 11.5 Å². The number of benzene rings is 2. The van der Waals surface area contributed by atoms with Crippen molar-refractivity contribution in [1.82, 2.24) is 0 Å². The van der Waals surface area contributed by atoms with Gasteiger partial charge in [-0.05, 0) is 36.4 Å². The van der Waals surface area contributed by atoms with Gasteiger partial charge >= 0.3 is 6.18 Å². The molecule has 2 aromatic carbocycles. The Labute approximate surface area is 148 Å². The van der Waals surface area contributed by atoms with Crippen molar-refractivity contribution >= 4 is 11.6 Å². The van der Waals surface area contributed by atoms with E-state index in [0.29, 0.717) is 5.75 Å². The van der Waals surface area contributed by atoms with E-state index in [9.17, 15) is 18.0 Å². The molecule has 1 N–H and O–H groups in total. The molecule has 1 amide bonds. The largest absolute Gasteiger partial charge is 0.497 e. The molecule has 0 saturated heterocycles. The van der Waals surface area contributed by atoms with Gasteiger partial charge in [0.15, 0.2) is 0 Å². The maximum Gasteiger partial charge on any atom is 0.416 e. The van der Waals surface area contributed by atoms with Crippen LogP contribution in [0.4, 0.5) is 18.9 Å². The Morgan fingerprint density at radius 2 is 1.85 bits per heavy atom. The predicted molar refractivity (Wildman–Crippen MR) is 89.8 cm³/mol. The van der Waals surface area contributed by atoms with Gasteiger partial charge in [-0.1, -0.05) is 6.07 Å². The fourth-order valence-electron chi connectivity index (χ4n) is 2.12. The highest BCUT2D eigenvalue weighted by Crippen LogP contribution is 2.35. The molecule has 0 radical (unpaired) electrons. The van der Waals surface area contributed by atoms with Crippen molar-refractivity contribution in [3.63, 3.8) is 0 Å². The third-order valence-electron chi connectivity index (χ3n) is 3.43. The van der Waals surface area contributed by atoms with Crippen LogP contribution in [0.3, 0.4) is 0 Å². The highest BCUT2D eigenvalue weighted by atomic mass is 19.4. The molecular formula is C18H18F3NO4. The Bertz CT molecular complexity index is 762. The molecule has 140 valence electrons. The number of amides is 1. The Morgan fingerprint density at radius 1 is 1.08 bits per heavy atom. The second kappa shape index (κ2) is 8.57. The number of methoxy groups -OCH3 is 2. The fourth-order valence-corrected chi connectivity index (χ4v) is 2.12. The Morgan fingerprint density at radius 3 is 2.50 bits per heavy atom. The summed E-state index contributed by atoms with van der Waals surface area (Å²) in [6.07, 6.45) is -4.54. The zero-order valence-electron chi connectivity index (χ0n) is 14.2. The van der Waals surface area contributed by atoms with E-state index >= 15 is 0 Å². The third-order valence-corrected chi connectivity index (χ3v) is 3.43. The number of anilines is 1. The Balaban J connectivity index is 2.29. The molecule has 2 aromatic rings. The molecule has 0 atom stereocenters. The fraction of sp³-hybridized carbons (Fsp3) is 0.278. The zero-order chi connectivity index (χ0) is 19.2. The lowest BCUT2D eigenvalue weighted by Crippen LogP contribution is -2.15. The van der Waals surface area contributed by atoms with Gasteiger partial charge in [-0.3, -0.25) is 4.79 Å². The summed E-state index contributed by atoms with van der Waals surface area (Å²) >= 11 is 0. The number of carbonyl (C=O) groups is 1. The van der Waals surface area contributed by atoms with Crippen LogP contribution >= 0.6 is 0 Å². The van der Waals surface area contributed by atoms with Gasteiger partial charge in [0, 0.05) is 12.7 Å². The van der Waals surface area contributed by atoms with Crippen molar-refractivity contribution in [2.45, 2.75) is 6.18 Å². The molecule has 0 saturated carbocycles. The summed E-state index contributed by atoms with van der Waals surface area (Å²) in [5, 5.41) is 2.46. The average molecular weight is 369 g/mol. The van der Waals surface area contributed by atoms with Crippen LogP contribution in [0.15, 0.2) is 42.5 Å². The lowest BCUT2D eigenvalue weighted by atomic mass is 10.1. The van der Waals surface area contributed by atoms with E-state index in [2.05, 4.69) is 5.32 Å². The number of hydrogen-bond donors (Lipinski definition) is 1. The minimum Gasteiger partial charge on any atom is -0.497 e. The number of nitrogens with one attached hydrogen (secondary N) is 1. The smallest absolute Gasteiger partial charge is 0.416 e. The molecule has 0 aromatic heterocycles. The van der Waals surface area contributed by atoms with Gasteiger partial charge in [-0.25, -0.2) is 0 Å². The molecule has 0 bridgehead atoms. The quantitative estimate of drug-likeness (QED) is 0.750. The van der Waals surface area contributed by atoms with Crippen LogP contribution in [0.1, 0.15) is 15.9 Å². The van der Waals surface area contributed by atoms with E-state index < -0.39 is 17.6 Å². The lowest BCUT2D eigenvalue weighted by Gasteiger charge is -2.15. The van der Waals surface area contributed by atoms with E-state index in [4.69, 9.17) is 14.2 Å². The predicted octanol–water partition coefficient (Wildman–Crippen LogP) is 3.99. The summed E-state index contributed by atoms with van der Waals surface area (Å²) in [5.41, 5.74) is -0.731. The molecule has 0 fully saturated rings. The number of hydrogen-bond acceptors (Lipinski definition) is 4.